The van der Waals surface area contributed by atoms with E-state index in [-0.39, 0.29) is 5.91 Å². The smallest absolute Gasteiger partial charge is 0.253 e. The topological polar surface area (TPSA) is 48.5 Å². The second-order valence-electron chi connectivity index (χ2n) is 6.04. The molecule has 5 nitrogen and oxygen atoms in total. The zero-order valence-electron chi connectivity index (χ0n) is 14.2. The highest BCUT2D eigenvalue weighted by Gasteiger charge is 2.07. The van der Waals surface area contributed by atoms with Crippen molar-refractivity contribution in [3.63, 3.8) is 0 Å². The Balaban J connectivity index is 1.96. The number of amides is 1. The molecule has 0 fully saturated rings. The lowest BCUT2D eigenvalue weighted by Gasteiger charge is -2.12. The van der Waals surface area contributed by atoms with Gasteiger partial charge in [-0.25, -0.2) is 4.98 Å². The predicted octanol–water partition coefficient (Wildman–Crippen LogP) is 2.14. The van der Waals surface area contributed by atoms with Crippen LogP contribution in [0.1, 0.15) is 21.5 Å². The van der Waals surface area contributed by atoms with Crippen LogP contribution in [-0.2, 0) is 13.1 Å². The normalized spacial score (nSPS) is 10.7. The van der Waals surface area contributed by atoms with E-state index in [1.807, 2.05) is 51.3 Å². The Hall–Kier alpha value is -2.40. The molecule has 2 aromatic rings. The summed E-state index contributed by atoms with van der Waals surface area (Å²) in [6.07, 6.45) is 1.60. The molecular weight excluding hydrogens is 288 g/mol. The van der Waals surface area contributed by atoms with Crippen LogP contribution in [0.2, 0.25) is 0 Å². The fourth-order valence-electron chi connectivity index (χ4n) is 2.27. The number of hydrogen-bond donors (Lipinski definition) is 1. The number of nitrogens with zero attached hydrogens (tertiary/aromatic N) is 3. The Kier molecular flexibility index (Phi) is 5.71. The largest absolute Gasteiger partial charge is 0.363 e. The van der Waals surface area contributed by atoms with Gasteiger partial charge in [0.25, 0.3) is 5.91 Å². The van der Waals surface area contributed by atoms with E-state index in [0.29, 0.717) is 12.1 Å². The van der Waals surface area contributed by atoms with Crippen molar-refractivity contribution in [3.8, 4) is 0 Å². The number of anilines is 1. The van der Waals surface area contributed by atoms with Gasteiger partial charge in [-0.1, -0.05) is 24.3 Å². The van der Waals surface area contributed by atoms with Gasteiger partial charge in [-0.15, -0.1) is 0 Å². The Morgan fingerprint density at radius 2 is 1.83 bits per heavy atom. The predicted molar refractivity (Wildman–Crippen MR) is 93.6 cm³/mol. The number of carbonyl (C=O) groups excluding carboxylic acids is 1. The molecule has 1 amide bonds. The van der Waals surface area contributed by atoms with Crippen LogP contribution in [0.4, 0.5) is 5.82 Å². The third-order valence-corrected chi connectivity index (χ3v) is 3.41. The fraction of sp³-hybridized carbons (Fsp3) is 0.333. The van der Waals surface area contributed by atoms with Crippen molar-refractivity contribution in [2.75, 3.05) is 33.1 Å². The zero-order chi connectivity index (χ0) is 16.8. The summed E-state index contributed by atoms with van der Waals surface area (Å²) in [5.41, 5.74) is 2.90. The molecule has 0 atom stereocenters. The lowest BCUT2D eigenvalue weighted by Crippen LogP contribution is -2.23. The number of aromatic nitrogens is 1. The molecule has 0 aliphatic heterocycles. The molecule has 0 spiro atoms. The number of hydrogen-bond acceptors (Lipinski definition) is 4. The summed E-state index contributed by atoms with van der Waals surface area (Å²) in [5, 5.41) is 2.94. The summed E-state index contributed by atoms with van der Waals surface area (Å²) in [7, 11) is 7.92. The maximum Gasteiger partial charge on any atom is 0.253 e. The van der Waals surface area contributed by atoms with E-state index >= 15 is 0 Å². The minimum absolute atomic E-state index is 0.110. The van der Waals surface area contributed by atoms with Gasteiger partial charge in [0, 0.05) is 33.4 Å². The number of pyridine rings is 1. The standard InChI is InChI=1S/C18H24N4O/c1-21(2)13-15-7-5-6-14(10-15)11-20-18(23)16-8-9-17(19-12-16)22(3)4/h5-10,12H,11,13H2,1-4H3,(H,20,23). The maximum absolute atomic E-state index is 12.2. The molecule has 2 rings (SSSR count). The minimum atomic E-state index is -0.110. The zero-order valence-corrected chi connectivity index (χ0v) is 14.2. The first-order chi connectivity index (χ1) is 11.0. The number of nitrogens with one attached hydrogen (secondary N) is 1. The molecule has 23 heavy (non-hydrogen) atoms. The fourth-order valence-corrected chi connectivity index (χ4v) is 2.27. The molecule has 0 aliphatic carbocycles. The van der Waals surface area contributed by atoms with E-state index in [4.69, 9.17) is 0 Å². The summed E-state index contributed by atoms with van der Waals surface area (Å²) >= 11 is 0. The second-order valence-corrected chi connectivity index (χ2v) is 6.04. The Bertz CT molecular complexity index is 650. The average molecular weight is 312 g/mol. The van der Waals surface area contributed by atoms with Gasteiger partial charge < -0.3 is 15.1 Å². The first-order valence-electron chi connectivity index (χ1n) is 7.60. The average Bonchev–Trinajstić information content (AvgIpc) is 2.52. The first-order valence-corrected chi connectivity index (χ1v) is 7.60. The molecule has 0 saturated carbocycles. The van der Waals surface area contributed by atoms with E-state index in [0.717, 1.165) is 17.9 Å². The highest BCUT2D eigenvalue weighted by Crippen LogP contribution is 2.09. The number of carbonyl (C=O) groups is 1. The monoisotopic (exact) mass is 312 g/mol. The molecule has 0 bridgehead atoms. The van der Waals surface area contributed by atoms with Crippen LogP contribution < -0.4 is 10.2 Å². The van der Waals surface area contributed by atoms with E-state index in [1.54, 1.807) is 12.3 Å². The van der Waals surface area contributed by atoms with Gasteiger partial charge in [-0.3, -0.25) is 4.79 Å². The molecule has 122 valence electrons. The molecule has 0 aliphatic rings. The maximum atomic E-state index is 12.2. The van der Waals surface area contributed by atoms with Crippen molar-refractivity contribution in [1.29, 1.82) is 0 Å². The third kappa shape index (κ3) is 5.07. The SMILES string of the molecule is CN(C)Cc1cccc(CNC(=O)c2ccc(N(C)C)nc2)c1. The lowest BCUT2D eigenvalue weighted by molar-refractivity contribution is 0.0950. The lowest BCUT2D eigenvalue weighted by atomic mass is 10.1. The summed E-state index contributed by atoms with van der Waals surface area (Å²) in [5.74, 6) is 0.721. The molecule has 0 radical (unpaired) electrons. The van der Waals surface area contributed by atoms with Gasteiger partial charge >= 0.3 is 0 Å². The first kappa shape index (κ1) is 17.0. The van der Waals surface area contributed by atoms with Crippen molar-refractivity contribution in [2.45, 2.75) is 13.1 Å². The van der Waals surface area contributed by atoms with Gasteiger partial charge in [-0.2, -0.15) is 0 Å². The highest BCUT2D eigenvalue weighted by atomic mass is 16.1. The van der Waals surface area contributed by atoms with Crippen LogP contribution in [0, 0.1) is 0 Å². The van der Waals surface area contributed by atoms with Gasteiger partial charge in [0.05, 0.1) is 5.56 Å². The second kappa shape index (κ2) is 7.74. The Labute approximate surface area is 137 Å². The van der Waals surface area contributed by atoms with Crippen LogP contribution in [-0.4, -0.2) is 44.0 Å². The molecule has 1 aromatic carbocycles. The van der Waals surface area contributed by atoms with Crippen molar-refractivity contribution in [3.05, 3.63) is 59.3 Å². The molecule has 1 N–H and O–H groups in total. The minimum Gasteiger partial charge on any atom is -0.363 e. The molecule has 1 heterocycles. The molecule has 0 unspecified atom stereocenters. The van der Waals surface area contributed by atoms with Crippen LogP contribution in [0.15, 0.2) is 42.6 Å². The number of rotatable bonds is 6. The molecular formula is C18H24N4O. The van der Waals surface area contributed by atoms with E-state index in [9.17, 15) is 4.79 Å². The molecule has 1 aromatic heterocycles. The van der Waals surface area contributed by atoms with Crippen LogP contribution in [0.3, 0.4) is 0 Å². The van der Waals surface area contributed by atoms with Gasteiger partial charge in [0.1, 0.15) is 5.82 Å². The van der Waals surface area contributed by atoms with Gasteiger partial charge in [0.15, 0.2) is 0 Å². The highest BCUT2D eigenvalue weighted by molar-refractivity contribution is 5.94. The van der Waals surface area contributed by atoms with E-state index in [2.05, 4.69) is 27.3 Å². The summed E-state index contributed by atoms with van der Waals surface area (Å²) in [6, 6.07) is 11.9. The molecule has 5 heteroatoms. The summed E-state index contributed by atoms with van der Waals surface area (Å²) < 4.78 is 0. The third-order valence-electron chi connectivity index (χ3n) is 3.41. The van der Waals surface area contributed by atoms with Crippen molar-refractivity contribution >= 4 is 11.7 Å². The Morgan fingerprint density at radius 1 is 1.09 bits per heavy atom. The van der Waals surface area contributed by atoms with Crippen molar-refractivity contribution in [2.24, 2.45) is 0 Å². The number of benzene rings is 1. The van der Waals surface area contributed by atoms with Crippen molar-refractivity contribution in [1.82, 2.24) is 15.2 Å². The van der Waals surface area contributed by atoms with E-state index < -0.39 is 0 Å². The van der Waals surface area contributed by atoms with Crippen LogP contribution >= 0.6 is 0 Å². The summed E-state index contributed by atoms with van der Waals surface area (Å²) in [6.45, 7) is 1.40. The van der Waals surface area contributed by atoms with Gasteiger partial charge in [-0.05, 0) is 37.4 Å². The Morgan fingerprint density at radius 3 is 2.43 bits per heavy atom. The quantitative estimate of drug-likeness (QED) is 0.888. The van der Waals surface area contributed by atoms with Gasteiger partial charge in [0.2, 0.25) is 0 Å². The summed E-state index contributed by atoms with van der Waals surface area (Å²) in [4.78, 5) is 20.5. The molecule has 0 saturated heterocycles. The van der Waals surface area contributed by atoms with E-state index in [1.165, 1.54) is 5.56 Å². The van der Waals surface area contributed by atoms with Crippen molar-refractivity contribution < 1.29 is 4.79 Å². The van der Waals surface area contributed by atoms with Crippen LogP contribution in [0.25, 0.3) is 0 Å². The van der Waals surface area contributed by atoms with Crippen LogP contribution in [0.5, 0.6) is 0 Å².